The van der Waals surface area contributed by atoms with Gasteiger partial charge in [-0.2, -0.15) is 9.67 Å². The molecule has 0 amide bonds. The molecule has 1 unspecified atom stereocenters. The normalized spacial score (nSPS) is 33.2. The van der Waals surface area contributed by atoms with Gasteiger partial charge < -0.3 is 25.5 Å². The van der Waals surface area contributed by atoms with Crippen LogP contribution in [0.3, 0.4) is 0 Å². The van der Waals surface area contributed by atoms with Crippen molar-refractivity contribution in [2.45, 2.75) is 63.4 Å². The van der Waals surface area contributed by atoms with Gasteiger partial charge >= 0.3 is 6.80 Å². The van der Waals surface area contributed by atoms with E-state index in [0.29, 0.717) is 30.3 Å². The number of nitrogens with two attached hydrogens (primary N) is 2. The number of hydrogen-bond donors (Lipinski definition) is 4. The predicted octanol–water partition coefficient (Wildman–Crippen LogP) is 2.43. The number of nitrogen functional groups attached to an aromatic ring is 2. The van der Waals surface area contributed by atoms with Crippen molar-refractivity contribution in [2.24, 2.45) is 5.92 Å². The molecule has 5 N–H and O–H groups in total. The topological polar surface area (TPSA) is 213 Å². The Bertz CT molecular complexity index is 1720. The summed E-state index contributed by atoms with van der Waals surface area (Å²) in [7, 11) is 0. The maximum atomic E-state index is 16.0. The van der Waals surface area contributed by atoms with E-state index in [0.717, 1.165) is 4.68 Å². The lowest BCUT2D eigenvalue weighted by Crippen LogP contribution is -2.30. The zero-order chi connectivity index (χ0) is 29.8. The molecule has 4 aromatic rings. The highest BCUT2D eigenvalue weighted by atomic mass is 32.7. The molecular formula is C22H27F2N10O6PS. The fraction of sp³-hybridized carbons (Fsp3) is 0.545. The molecule has 0 saturated carbocycles. The summed E-state index contributed by atoms with van der Waals surface area (Å²) in [4.78, 5) is 26.6. The van der Waals surface area contributed by atoms with Gasteiger partial charge in [0, 0.05) is 12.1 Å². The first-order valence-corrected chi connectivity index (χ1v) is 15.6. The highest BCUT2D eigenvalue weighted by molar-refractivity contribution is 8.44. The van der Waals surface area contributed by atoms with Crippen LogP contribution in [-0.2, 0) is 23.1 Å². The van der Waals surface area contributed by atoms with Crippen LogP contribution < -0.4 is 17.0 Å². The van der Waals surface area contributed by atoms with E-state index in [-0.39, 0.29) is 22.9 Å². The van der Waals surface area contributed by atoms with Crippen LogP contribution in [-0.4, -0.2) is 70.8 Å². The summed E-state index contributed by atoms with van der Waals surface area (Å²) < 4.78 is 69.6. The molecule has 8 atom stereocenters. The first-order chi connectivity index (χ1) is 20.0. The van der Waals surface area contributed by atoms with Gasteiger partial charge in [-0.1, -0.05) is 23.9 Å². The molecule has 42 heavy (non-hydrogen) atoms. The molecular weight excluding hydrogens is 601 g/mol. The van der Waals surface area contributed by atoms with E-state index >= 15 is 8.78 Å². The second-order valence-corrected chi connectivity index (χ2v) is 12.9. The lowest BCUT2D eigenvalue weighted by Gasteiger charge is -2.26. The quantitative estimate of drug-likeness (QED) is 0.186. The van der Waals surface area contributed by atoms with Crippen molar-refractivity contribution < 1.29 is 31.9 Å². The van der Waals surface area contributed by atoms with E-state index in [1.807, 2.05) is 0 Å². The average molecular weight is 629 g/mol. The van der Waals surface area contributed by atoms with Crippen LogP contribution in [0.25, 0.3) is 22.2 Å². The van der Waals surface area contributed by atoms with Gasteiger partial charge in [0.05, 0.1) is 24.2 Å². The molecule has 6 rings (SSSR count). The third-order valence-electron chi connectivity index (χ3n) is 7.26. The van der Waals surface area contributed by atoms with E-state index in [1.165, 1.54) is 10.9 Å². The largest absolute Gasteiger partial charge is 0.388 e. The van der Waals surface area contributed by atoms with Crippen LogP contribution in [0.2, 0.25) is 0 Å². The Kier molecular flexibility index (Phi) is 7.65. The summed E-state index contributed by atoms with van der Waals surface area (Å²) in [5, 5.41) is 8.06. The Labute approximate surface area is 240 Å². The van der Waals surface area contributed by atoms with Crippen molar-refractivity contribution in [3.8, 4) is 0 Å². The molecule has 226 valence electrons. The van der Waals surface area contributed by atoms with Gasteiger partial charge in [-0.05, 0) is 25.8 Å². The number of ether oxygens (including phenoxy) is 2. The Morgan fingerprint density at radius 1 is 1.17 bits per heavy atom. The SMILES string of the molecule is C[C@H]1CCC[C@H]2[C@H](F)[C@H](n3ccc4c(N)ncnc43)O[C@@H]2COP(=O)(S)O[C@H](F)[C@H](n2nnc3c(=O)[nH]c(N)nc32)O1. The molecule has 6 heterocycles. The Morgan fingerprint density at radius 3 is 2.79 bits per heavy atom. The molecule has 2 aliphatic rings. The van der Waals surface area contributed by atoms with Crippen molar-refractivity contribution in [3.63, 3.8) is 0 Å². The number of hydrogen-bond acceptors (Lipinski definition) is 13. The summed E-state index contributed by atoms with van der Waals surface area (Å²) in [6.45, 7) is -3.17. The van der Waals surface area contributed by atoms with Crippen molar-refractivity contribution in [3.05, 3.63) is 28.9 Å². The lowest BCUT2D eigenvalue weighted by molar-refractivity contribution is -0.154. The third kappa shape index (κ3) is 5.35. The van der Waals surface area contributed by atoms with Crippen LogP contribution in [0.4, 0.5) is 20.5 Å². The van der Waals surface area contributed by atoms with E-state index in [4.69, 9.17) is 30.0 Å². The molecule has 0 spiro atoms. The van der Waals surface area contributed by atoms with E-state index < -0.39 is 62.1 Å². The molecule has 0 radical (unpaired) electrons. The Hall–Kier alpha value is -3.22. The van der Waals surface area contributed by atoms with Crippen LogP contribution in [0.5, 0.6) is 0 Å². The molecule has 0 aliphatic carbocycles. The van der Waals surface area contributed by atoms with Crippen LogP contribution in [0, 0.1) is 5.92 Å². The fourth-order valence-corrected chi connectivity index (χ4v) is 6.50. The highest BCUT2D eigenvalue weighted by Gasteiger charge is 2.47. The van der Waals surface area contributed by atoms with E-state index in [9.17, 15) is 9.36 Å². The van der Waals surface area contributed by atoms with Gasteiger partial charge in [-0.15, -0.1) is 5.10 Å². The number of nitrogens with one attached hydrogen (secondary N) is 1. The minimum absolute atomic E-state index is 0.183. The number of H-pyrrole nitrogens is 1. The number of fused-ring (bicyclic) bond motifs is 3. The zero-order valence-electron chi connectivity index (χ0n) is 22.0. The summed E-state index contributed by atoms with van der Waals surface area (Å²) >= 11 is 3.92. The smallest absolute Gasteiger partial charge is 0.383 e. The van der Waals surface area contributed by atoms with Gasteiger partial charge in [-0.25, -0.2) is 23.3 Å². The summed E-state index contributed by atoms with van der Waals surface area (Å²) in [6, 6.07) is 1.66. The Balaban J connectivity index is 1.27. The van der Waals surface area contributed by atoms with Crippen molar-refractivity contribution in [1.29, 1.82) is 0 Å². The van der Waals surface area contributed by atoms with E-state index in [1.54, 1.807) is 19.2 Å². The van der Waals surface area contributed by atoms with Crippen molar-refractivity contribution >= 4 is 53.0 Å². The minimum Gasteiger partial charge on any atom is -0.383 e. The summed E-state index contributed by atoms with van der Waals surface area (Å²) in [5.74, 6) is -0.713. The lowest BCUT2D eigenvalue weighted by atomic mass is 9.92. The number of alkyl halides is 2. The number of rotatable bonds is 2. The van der Waals surface area contributed by atoms with Crippen molar-refractivity contribution in [2.75, 3.05) is 18.1 Å². The van der Waals surface area contributed by atoms with Gasteiger partial charge in [0.25, 0.3) is 11.9 Å². The van der Waals surface area contributed by atoms with Gasteiger partial charge in [0.1, 0.15) is 17.8 Å². The predicted molar refractivity (Wildman–Crippen MR) is 147 cm³/mol. The summed E-state index contributed by atoms with van der Waals surface area (Å²) in [5.41, 5.74) is 10.9. The first kappa shape index (κ1) is 28.9. The Morgan fingerprint density at radius 2 is 1.98 bits per heavy atom. The maximum Gasteiger partial charge on any atom is 0.388 e. The monoisotopic (exact) mass is 628 g/mol. The van der Waals surface area contributed by atoms with Gasteiger partial charge in [-0.3, -0.25) is 18.8 Å². The molecule has 20 heteroatoms. The molecule has 2 aliphatic heterocycles. The maximum absolute atomic E-state index is 16.0. The first-order valence-electron chi connectivity index (χ1n) is 12.9. The molecule has 0 bridgehead atoms. The van der Waals surface area contributed by atoms with Gasteiger partial charge in [0.15, 0.2) is 23.6 Å². The number of nitrogens with zero attached hydrogens (tertiary/aromatic N) is 7. The highest BCUT2D eigenvalue weighted by Crippen LogP contribution is 2.56. The zero-order valence-corrected chi connectivity index (χ0v) is 23.8. The molecule has 0 aromatic carbocycles. The number of anilines is 2. The summed E-state index contributed by atoms with van der Waals surface area (Å²) in [6.07, 6.45) is -4.26. The number of aromatic nitrogens is 8. The van der Waals surface area contributed by atoms with Crippen LogP contribution in [0.15, 0.2) is 23.4 Å². The van der Waals surface area contributed by atoms with Crippen LogP contribution in [0.1, 0.15) is 38.6 Å². The minimum atomic E-state index is -4.42. The fourth-order valence-electron chi connectivity index (χ4n) is 5.28. The number of halogens is 2. The second kappa shape index (κ2) is 11.1. The molecule has 2 fully saturated rings. The molecule has 4 aromatic heterocycles. The standard InChI is InChI=1S/C22H27F2N10O6PS/c1-9-3-2-4-10-12(39-20(13(10)23)33-6-5-11-16(25)27-8-28-17(11)33)7-37-41(36,42)40-15(24)21(38-9)34-18-14(31-32-34)19(35)30-22(26)29-18/h5-6,8-10,12-13,15,20-21H,2-4,7H2,1H3,(H,36,42)(H2,25,27,28)(H3,26,29,30,35)/t9-,10+,12+,13-,15-,20+,21+,41?/m0/s1. The second-order valence-electron chi connectivity index (χ2n) is 10.0. The number of aromatic amines is 1. The molecule has 2 saturated heterocycles. The van der Waals surface area contributed by atoms with Crippen LogP contribution >= 0.6 is 19.0 Å². The average Bonchev–Trinajstić information content (AvgIpc) is 3.62. The number of thiol groups is 1. The van der Waals surface area contributed by atoms with Crippen molar-refractivity contribution in [1.82, 2.24) is 39.5 Å². The molecule has 16 nitrogen and oxygen atoms in total. The van der Waals surface area contributed by atoms with Gasteiger partial charge in [0.2, 0.25) is 12.2 Å². The van der Waals surface area contributed by atoms with E-state index in [2.05, 4.69) is 42.5 Å². The third-order valence-corrected chi connectivity index (χ3v) is 8.83.